The van der Waals surface area contributed by atoms with E-state index in [2.05, 4.69) is 15.3 Å². The first-order valence-electron chi connectivity index (χ1n) is 11.3. The Morgan fingerprint density at radius 1 is 0.939 bits per heavy atom. The number of hydrazone groups is 1. The molecule has 0 bridgehead atoms. The lowest BCUT2D eigenvalue weighted by Gasteiger charge is -2.34. The lowest BCUT2D eigenvalue weighted by molar-refractivity contribution is -0.126. The van der Waals surface area contributed by atoms with Crippen LogP contribution in [0, 0.1) is 0 Å². The van der Waals surface area contributed by atoms with Crippen LogP contribution in [0.4, 0.5) is 5.69 Å². The van der Waals surface area contributed by atoms with Gasteiger partial charge in [-0.05, 0) is 24.6 Å². The second-order valence-corrected chi connectivity index (χ2v) is 8.39. The van der Waals surface area contributed by atoms with Crippen molar-refractivity contribution in [3.8, 4) is 0 Å². The molecule has 0 aliphatic carbocycles. The Kier molecular flexibility index (Phi) is 7.14. The molecular weight excluding hydrogens is 418 g/mol. The Labute approximate surface area is 193 Å². The van der Waals surface area contributed by atoms with Crippen LogP contribution < -0.4 is 10.3 Å². The molecule has 2 aromatic carbocycles. The Balaban J connectivity index is 1.29. The minimum absolute atomic E-state index is 0.0169. The molecule has 8 heteroatoms. The molecule has 1 fully saturated rings. The molecule has 0 aromatic heterocycles. The van der Waals surface area contributed by atoms with E-state index < -0.39 is 6.04 Å². The first-order valence-corrected chi connectivity index (χ1v) is 11.3. The molecule has 2 heterocycles. The van der Waals surface area contributed by atoms with Crippen molar-refractivity contribution in [3.63, 3.8) is 0 Å². The molecule has 8 nitrogen and oxygen atoms in total. The van der Waals surface area contributed by atoms with Gasteiger partial charge >= 0.3 is 0 Å². The zero-order valence-corrected chi connectivity index (χ0v) is 18.8. The Morgan fingerprint density at radius 3 is 2.21 bits per heavy atom. The van der Waals surface area contributed by atoms with Crippen molar-refractivity contribution in [2.24, 2.45) is 5.10 Å². The number of anilines is 1. The van der Waals surface area contributed by atoms with E-state index in [0.29, 0.717) is 51.4 Å². The van der Waals surface area contributed by atoms with Crippen molar-refractivity contribution in [2.45, 2.75) is 25.9 Å². The van der Waals surface area contributed by atoms with E-state index >= 15 is 0 Å². The van der Waals surface area contributed by atoms with Gasteiger partial charge in [0, 0.05) is 39.1 Å². The third kappa shape index (κ3) is 5.64. The van der Waals surface area contributed by atoms with Crippen molar-refractivity contribution in [2.75, 3.05) is 37.7 Å². The molecular formula is C25H29N5O3. The highest BCUT2D eigenvalue weighted by molar-refractivity contribution is 6.40. The first kappa shape index (κ1) is 22.7. The second-order valence-electron chi connectivity index (χ2n) is 8.39. The van der Waals surface area contributed by atoms with E-state index in [0.717, 1.165) is 11.3 Å². The molecule has 33 heavy (non-hydrogen) atoms. The van der Waals surface area contributed by atoms with E-state index in [1.165, 1.54) is 6.92 Å². The van der Waals surface area contributed by atoms with Gasteiger partial charge in [-0.3, -0.25) is 24.3 Å². The summed E-state index contributed by atoms with van der Waals surface area (Å²) in [6.45, 7) is 4.65. The fraction of sp³-hybridized carbons (Fsp3) is 0.360. The summed E-state index contributed by atoms with van der Waals surface area (Å²) < 4.78 is 0. The van der Waals surface area contributed by atoms with Gasteiger partial charge in [0.15, 0.2) is 5.78 Å². The number of nitrogens with one attached hydrogen (secondary N) is 1. The molecule has 2 aliphatic rings. The van der Waals surface area contributed by atoms with Crippen LogP contribution in [0.25, 0.3) is 0 Å². The number of amides is 2. The summed E-state index contributed by atoms with van der Waals surface area (Å²) >= 11 is 0. The highest BCUT2D eigenvalue weighted by Gasteiger charge is 2.36. The zero-order valence-electron chi connectivity index (χ0n) is 18.8. The average molecular weight is 448 g/mol. The van der Waals surface area contributed by atoms with Gasteiger partial charge in [-0.25, -0.2) is 0 Å². The van der Waals surface area contributed by atoms with Gasteiger partial charge in [0.2, 0.25) is 5.91 Å². The minimum atomic E-state index is -0.457. The summed E-state index contributed by atoms with van der Waals surface area (Å²) in [6.07, 6.45) is 0.311. The molecule has 0 spiro atoms. The van der Waals surface area contributed by atoms with Crippen molar-refractivity contribution in [1.82, 2.24) is 15.1 Å². The van der Waals surface area contributed by atoms with E-state index in [9.17, 15) is 14.4 Å². The molecule has 0 saturated carbocycles. The number of benzene rings is 2. The van der Waals surface area contributed by atoms with Gasteiger partial charge in [0.1, 0.15) is 11.8 Å². The Morgan fingerprint density at radius 2 is 1.58 bits per heavy atom. The third-order valence-electron chi connectivity index (χ3n) is 6.01. The standard InChI is InChI=1S/C25H29N5O3/c1-19(31)23-16-22(27-30(23)21-10-6-3-7-11-21)25(33)29-14-12-28(13-15-29)18-24(32)26-17-20-8-4-2-5-9-20/h2-11,23H,12-18H2,1H3,(H,26,32). The number of Topliss-reactive ketones (excluding diaryl/α,β-unsaturated/α-hetero) is 1. The summed E-state index contributed by atoms with van der Waals surface area (Å²) in [5, 5.41) is 9.12. The lowest BCUT2D eigenvalue weighted by Crippen LogP contribution is -2.52. The molecule has 2 aromatic rings. The molecule has 2 aliphatic heterocycles. The van der Waals surface area contributed by atoms with Crippen LogP contribution >= 0.6 is 0 Å². The van der Waals surface area contributed by atoms with Gasteiger partial charge in [0.25, 0.3) is 5.91 Å². The number of piperazine rings is 1. The number of nitrogens with zero attached hydrogens (tertiary/aromatic N) is 4. The van der Waals surface area contributed by atoms with Gasteiger partial charge in [-0.2, -0.15) is 5.10 Å². The third-order valence-corrected chi connectivity index (χ3v) is 6.01. The fourth-order valence-corrected chi connectivity index (χ4v) is 4.12. The SMILES string of the molecule is CC(=O)C1CC(C(=O)N2CCN(CC(=O)NCc3ccccc3)CC2)=NN1c1ccccc1. The summed E-state index contributed by atoms with van der Waals surface area (Å²) in [6, 6.07) is 18.8. The number of rotatable bonds is 7. The largest absolute Gasteiger partial charge is 0.351 e. The van der Waals surface area contributed by atoms with Crippen LogP contribution in [0.5, 0.6) is 0 Å². The van der Waals surface area contributed by atoms with Crippen LogP contribution in [0.1, 0.15) is 18.9 Å². The predicted molar refractivity (Wildman–Crippen MR) is 127 cm³/mol. The maximum Gasteiger partial charge on any atom is 0.270 e. The number of carbonyl (C=O) groups is 3. The predicted octanol–water partition coefficient (Wildman–Crippen LogP) is 1.67. The number of hydrogen-bond acceptors (Lipinski definition) is 6. The van der Waals surface area contributed by atoms with Crippen LogP contribution in [-0.2, 0) is 20.9 Å². The van der Waals surface area contributed by atoms with Gasteiger partial charge in [-0.1, -0.05) is 48.5 Å². The molecule has 1 atom stereocenters. The van der Waals surface area contributed by atoms with Gasteiger partial charge in [-0.15, -0.1) is 0 Å². The smallest absolute Gasteiger partial charge is 0.270 e. The molecule has 172 valence electrons. The van der Waals surface area contributed by atoms with Gasteiger partial charge < -0.3 is 10.2 Å². The molecule has 0 radical (unpaired) electrons. The molecule has 1 unspecified atom stereocenters. The number of hydrogen-bond donors (Lipinski definition) is 1. The highest BCUT2D eigenvalue weighted by Crippen LogP contribution is 2.25. The number of ketones is 1. The monoisotopic (exact) mass is 447 g/mol. The molecule has 2 amide bonds. The summed E-state index contributed by atoms with van der Waals surface area (Å²) in [5.41, 5.74) is 2.27. The highest BCUT2D eigenvalue weighted by atomic mass is 16.2. The number of carbonyl (C=O) groups excluding carboxylic acids is 3. The van der Waals surface area contributed by atoms with Crippen molar-refractivity contribution < 1.29 is 14.4 Å². The normalized spacial score (nSPS) is 18.7. The van der Waals surface area contributed by atoms with Crippen molar-refractivity contribution in [3.05, 3.63) is 66.2 Å². The lowest BCUT2D eigenvalue weighted by atomic mass is 10.1. The maximum absolute atomic E-state index is 13.1. The van der Waals surface area contributed by atoms with Crippen molar-refractivity contribution >= 4 is 29.0 Å². The summed E-state index contributed by atoms with van der Waals surface area (Å²) in [7, 11) is 0. The van der Waals surface area contributed by atoms with E-state index in [1.54, 1.807) is 9.91 Å². The molecule has 4 rings (SSSR count). The summed E-state index contributed by atoms with van der Waals surface area (Å²) in [4.78, 5) is 41.4. The molecule has 1 N–H and O–H groups in total. The van der Waals surface area contributed by atoms with Crippen LogP contribution in [0.15, 0.2) is 65.8 Å². The van der Waals surface area contributed by atoms with E-state index in [1.807, 2.05) is 60.7 Å². The number of para-hydroxylation sites is 1. The van der Waals surface area contributed by atoms with E-state index in [-0.39, 0.29) is 17.6 Å². The quantitative estimate of drug-likeness (QED) is 0.698. The summed E-state index contributed by atoms with van der Waals surface area (Å²) in [5.74, 6) is -0.175. The van der Waals surface area contributed by atoms with Crippen LogP contribution in [0.2, 0.25) is 0 Å². The molecule has 1 saturated heterocycles. The van der Waals surface area contributed by atoms with Gasteiger partial charge in [0.05, 0.1) is 12.2 Å². The van der Waals surface area contributed by atoms with E-state index in [4.69, 9.17) is 0 Å². The first-order chi connectivity index (χ1) is 16.0. The van der Waals surface area contributed by atoms with Crippen LogP contribution in [-0.4, -0.2) is 71.9 Å². The van der Waals surface area contributed by atoms with Crippen LogP contribution in [0.3, 0.4) is 0 Å². The fourth-order valence-electron chi connectivity index (χ4n) is 4.12. The maximum atomic E-state index is 13.1. The zero-order chi connectivity index (χ0) is 23.2. The van der Waals surface area contributed by atoms with Crippen molar-refractivity contribution in [1.29, 1.82) is 0 Å². The second kappa shape index (κ2) is 10.4. The average Bonchev–Trinajstić information content (AvgIpc) is 3.30. The topological polar surface area (TPSA) is 85.3 Å². The Bertz CT molecular complexity index is 1020. The minimum Gasteiger partial charge on any atom is -0.351 e. The Hall–Kier alpha value is -3.52.